The smallest absolute Gasteiger partial charge is 0.139 e. The van der Waals surface area contributed by atoms with E-state index in [1.54, 1.807) is 0 Å². The zero-order valence-corrected chi connectivity index (χ0v) is 76.3. The molecule has 0 saturated carbocycles. The maximum absolute atomic E-state index is 6.59. The average molecular weight is 1720 g/mol. The van der Waals surface area contributed by atoms with Gasteiger partial charge in [-0.15, -0.1) is 0 Å². The number of hydrogen-bond acceptors (Lipinski definition) is 5. The third-order valence-electron chi connectivity index (χ3n) is 26.8. The molecule has 133 heavy (non-hydrogen) atoms. The van der Waals surface area contributed by atoms with Gasteiger partial charge in [-0.05, 0) is 190 Å². The number of hydrogen-bond donors (Lipinski definition) is 0. The molecule has 5 heteroatoms. The highest BCUT2D eigenvalue weighted by Crippen LogP contribution is 2.46. The van der Waals surface area contributed by atoms with Gasteiger partial charge < -0.3 is 22.1 Å². The maximum Gasteiger partial charge on any atom is 0.139 e. The van der Waals surface area contributed by atoms with E-state index in [1.165, 1.54) is 204 Å². The number of aryl methyl sites for hydroxylation is 5. The monoisotopic (exact) mass is 1720 g/mol. The van der Waals surface area contributed by atoms with Crippen LogP contribution >= 0.6 is 0 Å². The summed E-state index contributed by atoms with van der Waals surface area (Å²) in [5.74, 6) is 0. The fourth-order valence-electron chi connectivity index (χ4n) is 20.5. The lowest BCUT2D eigenvalue weighted by atomic mass is 9.96. The molecule has 0 radical (unpaired) electrons. The van der Waals surface area contributed by atoms with Crippen LogP contribution in [-0.2, 0) is 57.8 Å². The summed E-state index contributed by atoms with van der Waals surface area (Å²) in [6.07, 6.45) is 13.1. The van der Waals surface area contributed by atoms with Crippen molar-refractivity contribution in [2.45, 2.75) is 118 Å². The van der Waals surface area contributed by atoms with E-state index in [2.05, 4.69) is 429 Å². The zero-order chi connectivity index (χ0) is 89.7. The lowest BCUT2D eigenvalue weighted by Gasteiger charge is -2.07. The Morgan fingerprint density at radius 2 is 0.406 bits per heavy atom. The molecule has 648 valence electrons. The Balaban J connectivity index is 0.000000100. The molecule has 20 aromatic carbocycles. The topological polar surface area (TPSA) is 65.7 Å². The van der Waals surface area contributed by atoms with Gasteiger partial charge >= 0.3 is 0 Å². The predicted octanol–water partition coefficient (Wildman–Crippen LogP) is 35.8. The normalized spacial score (nSPS) is 11.6. The average Bonchev–Trinajstić information content (AvgIpc) is 1.62. The molecular weight excluding hydrogens is 1620 g/mol. The Labute approximate surface area is 776 Å². The van der Waals surface area contributed by atoms with Crippen LogP contribution in [-0.4, -0.2) is 0 Å². The number of rotatable bonds is 18. The second-order valence-electron chi connectivity index (χ2n) is 35.7. The molecule has 5 aromatic heterocycles. The second kappa shape index (κ2) is 38.0. The third kappa shape index (κ3) is 16.9. The summed E-state index contributed by atoms with van der Waals surface area (Å²) in [4.78, 5) is 0. The Bertz CT molecular complexity index is 8520. The zero-order valence-electron chi connectivity index (χ0n) is 76.3. The van der Waals surface area contributed by atoms with Crippen molar-refractivity contribution in [2.75, 3.05) is 0 Å². The van der Waals surface area contributed by atoms with E-state index in [4.69, 9.17) is 22.1 Å². The van der Waals surface area contributed by atoms with Gasteiger partial charge in [-0.3, -0.25) is 0 Å². The number of furan rings is 5. The molecule has 5 nitrogen and oxygen atoms in total. The summed E-state index contributed by atoms with van der Waals surface area (Å²) in [5, 5.41) is 25.2. The Hall–Kier alpha value is -15.3. The van der Waals surface area contributed by atoms with Gasteiger partial charge in [-0.25, -0.2) is 0 Å². The summed E-state index contributed by atoms with van der Waals surface area (Å²) in [6, 6.07) is 141. The van der Waals surface area contributed by atoms with Gasteiger partial charge in [0.05, 0.1) is 0 Å². The van der Waals surface area contributed by atoms with E-state index >= 15 is 0 Å². The van der Waals surface area contributed by atoms with Crippen molar-refractivity contribution in [3.63, 3.8) is 0 Å². The summed E-state index contributed by atoms with van der Waals surface area (Å²) in [5.41, 5.74) is 29.6. The highest BCUT2D eigenvalue weighted by molar-refractivity contribution is 6.25. The first-order chi connectivity index (χ1) is 65.7. The Morgan fingerprint density at radius 3 is 0.729 bits per heavy atom. The number of benzene rings is 20. The van der Waals surface area contributed by atoms with Gasteiger partial charge in [-0.1, -0.05) is 411 Å². The summed E-state index contributed by atoms with van der Waals surface area (Å²) < 4.78 is 32.6. The fourth-order valence-corrected chi connectivity index (χ4v) is 20.5. The van der Waals surface area contributed by atoms with Gasteiger partial charge in [0.2, 0.25) is 0 Å². The van der Waals surface area contributed by atoms with E-state index in [0.717, 1.165) is 126 Å². The van der Waals surface area contributed by atoms with Crippen LogP contribution in [0.2, 0.25) is 0 Å². The van der Waals surface area contributed by atoms with Crippen LogP contribution in [0.3, 0.4) is 0 Å². The lowest BCUT2D eigenvalue weighted by molar-refractivity contribution is 0.654. The molecule has 0 fully saturated rings. The molecule has 0 aliphatic carbocycles. The molecular formula is C128H106O5. The summed E-state index contributed by atoms with van der Waals surface area (Å²) in [7, 11) is 0. The Morgan fingerprint density at radius 1 is 0.173 bits per heavy atom. The van der Waals surface area contributed by atoms with Crippen molar-refractivity contribution in [3.05, 3.63) is 478 Å². The van der Waals surface area contributed by atoms with Crippen molar-refractivity contribution in [1.82, 2.24) is 0 Å². The van der Waals surface area contributed by atoms with Crippen molar-refractivity contribution >= 4 is 164 Å². The minimum absolute atomic E-state index is 0.876. The molecule has 0 saturated heterocycles. The van der Waals surface area contributed by atoms with Crippen molar-refractivity contribution in [3.8, 4) is 0 Å². The van der Waals surface area contributed by atoms with E-state index in [1.807, 2.05) is 0 Å². The van der Waals surface area contributed by atoms with E-state index in [-0.39, 0.29) is 0 Å². The molecule has 0 aliphatic heterocycles. The molecule has 5 heterocycles. The van der Waals surface area contributed by atoms with Crippen LogP contribution in [0.4, 0.5) is 0 Å². The lowest BCUT2D eigenvalue weighted by Crippen LogP contribution is -1.89. The largest absolute Gasteiger partial charge is 0.455 e. The van der Waals surface area contributed by atoms with Crippen LogP contribution in [0.25, 0.3) is 164 Å². The SMILES string of the molecule is CCCCc1cc2ccccc2c2c1oc1c(Cc3ccccc3)cccc12.CCCc1cc2ccccc2c2c1oc1c(Cc3ccccc3)cccc12.CCCc1cccc2c1oc1c(Cc3ccccc3)cc3ccccc3c12.CCc1cccc2c1oc1c(Cc3ccccc3)cc3ccccc3c12.Cc1cccc2c1oc1c(Cc3ccccc3)cc3ccccc3c12. The van der Waals surface area contributed by atoms with Gasteiger partial charge in [0.25, 0.3) is 0 Å². The maximum atomic E-state index is 6.59. The first kappa shape index (κ1) is 84.5. The van der Waals surface area contributed by atoms with Gasteiger partial charge in [0.1, 0.15) is 55.8 Å². The molecule has 0 aliphatic rings. The predicted molar refractivity (Wildman–Crippen MR) is 563 cm³/mol. The van der Waals surface area contributed by atoms with Gasteiger partial charge in [0, 0.05) is 103 Å². The van der Waals surface area contributed by atoms with Crippen LogP contribution in [0.1, 0.15) is 137 Å². The standard InChI is InChI=1S/C27H24O.2C26H22O.C25H20O.C24H18O/c1-2-3-12-22-18-20-13-7-8-15-23(20)25-24-16-9-14-21(26(24)28-27(22)25)17-19-10-5-4-6-11-19;1-2-9-20-17-19-12-6-7-14-22(19)24-23-15-8-13-21(25(23)27-26(20)24)16-18-10-4-3-5-11-18;1-2-9-19-13-8-15-23-24-22-14-7-6-12-20(22)17-21(26(24)27-25(19)23)16-18-10-4-3-5-11-18;1-2-18-12-8-14-22-23-21-13-7-6-11-19(21)16-20(25(23)26-24(18)22)15-17-9-4-3-5-10-17;1-16-8-7-13-21-22-20-12-6-5-11-18(20)15-19(24(22)25-23(16)21)14-17-9-3-2-4-10-17/h4-11,13-16,18H,2-3,12,17H2,1H3;2*3-8,10-15,17H,2,9,16H2,1H3;3-14,16H,2,15H2,1H3;2-13,15H,14H2,1H3. The van der Waals surface area contributed by atoms with E-state index in [0.29, 0.717) is 0 Å². The molecule has 0 unspecified atom stereocenters. The quantitative estimate of drug-likeness (QED) is 0.0856. The highest BCUT2D eigenvalue weighted by atomic mass is 16.3. The molecule has 0 atom stereocenters. The number of unbranched alkanes of at least 4 members (excludes halogenated alkanes) is 1. The van der Waals surface area contributed by atoms with E-state index < -0.39 is 0 Å². The molecule has 25 rings (SSSR count). The van der Waals surface area contributed by atoms with Gasteiger partial charge in [-0.2, -0.15) is 0 Å². The second-order valence-corrected chi connectivity index (χ2v) is 35.7. The molecule has 0 spiro atoms. The summed E-state index contributed by atoms with van der Waals surface area (Å²) >= 11 is 0. The first-order valence-corrected chi connectivity index (χ1v) is 47.6. The molecule has 25 aromatic rings. The van der Waals surface area contributed by atoms with E-state index in [9.17, 15) is 0 Å². The Kier molecular flexibility index (Phi) is 24.2. The van der Waals surface area contributed by atoms with Crippen molar-refractivity contribution in [2.24, 2.45) is 0 Å². The van der Waals surface area contributed by atoms with Crippen molar-refractivity contribution in [1.29, 1.82) is 0 Å². The first-order valence-electron chi connectivity index (χ1n) is 47.6. The summed E-state index contributed by atoms with van der Waals surface area (Å²) in [6.45, 7) is 11.0. The molecule has 0 bridgehead atoms. The van der Waals surface area contributed by atoms with Crippen molar-refractivity contribution < 1.29 is 22.1 Å². The number of fused-ring (bicyclic) bond motifs is 25. The minimum atomic E-state index is 0.876. The van der Waals surface area contributed by atoms with Crippen LogP contribution < -0.4 is 0 Å². The minimum Gasteiger partial charge on any atom is -0.455 e. The fraction of sp³-hybridized carbons (Fsp3) is 0.141. The third-order valence-corrected chi connectivity index (χ3v) is 26.8. The molecule has 0 amide bonds. The van der Waals surface area contributed by atoms with Gasteiger partial charge in [0.15, 0.2) is 0 Å². The van der Waals surface area contributed by atoms with Crippen LogP contribution in [0, 0.1) is 6.92 Å². The van der Waals surface area contributed by atoms with Crippen LogP contribution in [0.15, 0.2) is 416 Å². The highest BCUT2D eigenvalue weighted by Gasteiger charge is 2.24. The van der Waals surface area contributed by atoms with Crippen LogP contribution in [0.5, 0.6) is 0 Å². The number of para-hydroxylation sites is 5. The molecule has 0 N–H and O–H groups in total.